The number of ether oxygens (including phenoxy) is 1. The molecule has 0 saturated heterocycles. The van der Waals surface area contributed by atoms with E-state index in [-0.39, 0.29) is 6.10 Å². The van der Waals surface area contributed by atoms with Crippen LogP contribution in [0.4, 0.5) is 0 Å². The summed E-state index contributed by atoms with van der Waals surface area (Å²) in [5.74, 6) is 1.03. The van der Waals surface area contributed by atoms with Crippen LogP contribution in [0.15, 0.2) is 18.2 Å². The summed E-state index contributed by atoms with van der Waals surface area (Å²) in [6, 6.07) is 6.20. The van der Waals surface area contributed by atoms with E-state index in [0.29, 0.717) is 0 Å². The lowest BCUT2D eigenvalue weighted by Crippen LogP contribution is -2.07. The minimum Gasteiger partial charge on any atom is -0.490 e. The van der Waals surface area contributed by atoms with E-state index >= 15 is 0 Å². The van der Waals surface area contributed by atoms with Crippen molar-refractivity contribution < 1.29 is 4.74 Å². The van der Waals surface area contributed by atoms with E-state index in [1.165, 1.54) is 11.1 Å². The summed E-state index contributed by atoms with van der Waals surface area (Å²) < 4.78 is 5.68. The number of hydrogen-bond donors (Lipinski definition) is 0. The van der Waals surface area contributed by atoms with Crippen LogP contribution < -0.4 is 4.74 Å². The molecule has 12 heavy (non-hydrogen) atoms. The van der Waals surface area contributed by atoms with Crippen LogP contribution in [-0.2, 0) is 0 Å². The summed E-state index contributed by atoms with van der Waals surface area (Å²) in [5, 5.41) is 0. The molecule has 0 aliphatic heterocycles. The maximum Gasteiger partial charge on any atom is 0.125 e. The van der Waals surface area contributed by atoms with Gasteiger partial charge in [-0.15, -0.1) is 0 Å². The van der Waals surface area contributed by atoms with E-state index in [2.05, 4.69) is 32.0 Å². The zero-order valence-electron chi connectivity index (χ0n) is 8.22. The van der Waals surface area contributed by atoms with E-state index in [0.717, 1.165) is 5.75 Å². The fourth-order valence-corrected chi connectivity index (χ4v) is 1.22. The lowest BCUT2D eigenvalue weighted by atomic mass is 10.1. The van der Waals surface area contributed by atoms with Gasteiger partial charge < -0.3 is 4.74 Å². The van der Waals surface area contributed by atoms with Gasteiger partial charge in [-0.25, -0.2) is 0 Å². The highest BCUT2D eigenvalue weighted by Gasteiger charge is 2.03. The molecule has 0 aliphatic carbocycles. The molecule has 1 aromatic rings. The molecule has 66 valence electrons. The fourth-order valence-electron chi connectivity index (χ4n) is 1.22. The van der Waals surface area contributed by atoms with Crippen LogP contribution in [0.1, 0.15) is 25.0 Å². The van der Waals surface area contributed by atoms with E-state index in [1.807, 2.05) is 13.8 Å². The molecule has 1 rings (SSSR count). The highest BCUT2D eigenvalue weighted by molar-refractivity contribution is 5.39. The van der Waals surface area contributed by atoms with Crippen molar-refractivity contribution in [3.8, 4) is 5.75 Å². The molecule has 0 fully saturated rings. The SMILES string of the molecule is Cc1cccc(C)c1OC(C)C. The third kappa shape index (κ3) is 2.00. The van der Waals surface area contributed by atoms with Gasteiger partial charge in [0.2, 0.25) is 0 Å². The molecule has 0 amide bonds. The number of rotatable bonds is 2. The summed E-state index contributed by atoms with van der Waals surface area (Å²) in [6.45, 7) is 8.24. The first-order valence-corrected chi connectivity index (χ1v) is 4.34. The number of benzene rings is 1. The van der Waals surface area contributed by atoms with Crippen molar-refractivity contribution in [2.24, 2.45) is 0 Å². The maximum absolute atomic E-state index is 5.68. The Morgan fingerprint density at radius 1 is 1.08 bits per heavy atom. The Kier molecular flexibility index (Phi) is 2.74. The van der Waals surface area contributed by atoms with Crippen molar-refractivity contribution in [3.05, 3.63) is 29.3 Å². The molecule has 1 aromatic carbocycles. The van der Waals surface area contributed by atoms with Crippen molar-refractivity contribution in [2.45, 2.75) is 33.8 Å². The fraction of sp³-hybridized carbons (Fsp3) is 0.455. The number of hydrogen-bond acceptors (Lipinski definition) is 1. The molecule has 0 spiro atoms. The second-order valence-corrected chi connectivity index (χ2v) is 3.39. The van der Waals surface area contributed by atoms with Crippen LogP contribution in [0.5, 0.6) is 5.75 Å². The monoisotopic (exact) mass is 164 g/mol. The molecular weight excluding hydrogens is 148 g/mol. The first kappa shape index (κ1) is 9.11. The predicted molar refractivity (Wildman–Crippen MR) is 51.7 cm³/mol. The largest absolute Gasteiger partial charge is 0.490 e. The molecule has 1 heteroatoms. The van der Waals surface area contributed by atoms with Crippen molar-refractivity contribution in [3.63, 3.8) is 0 Å². The molecule has 0 aliphatic rings. The molecule has 0 aromatic heterocycles. The molecule has 0 saturated carbocycles. The minimum absolute atomic E-state index is 0.254. The first-order valence-electron chi connectivity index (χ1n) is 4.34. The first-order chi connectivity index (χ1) is 5.61. The highest BCUT2D eigenvalue weighted by Crippen LogP contribution is 2.23. The van der Waals surface area contributed by atoms with Crippen molar-refractivity contribution in [2.75, 3.05) is 0 Å². The topological polar surface area (TPSA) is 9.23 Å². The van der Waals surface area contributed by atoms with Crippen LogP contribution in [-0.4, -0.2) is 6.10 Å². The zero-order valence-corrected chi connectivity index (χ0v) is 8.22. The van der Waals surface area contributed by atoms with Gasteiger partial charge in [0, 0.05) is 0 Å². The van der Waals surface area contributed by atoms with E-state index < -0.39 is 0 Å². The Bertz CT molecular complexity index is 243. The average Bonchev–Trinajstić information content (AvgIpc) is 1.97. The lowest BCUT2D eigenvalue weighted by molar-refractivity contribution is 0.239. The summed E-state index contributed by atoms with van der Waals surface area (Å²) >= 11 is 0. The quantitative estimate of drug-likeness (QED) is 0.652. The summed E-state index contributed by atoms with van der Waals surface area (Å²) in [7, 11) is 0. The van der Waals surface area contributed by atoms with Gasteiger partial charge >= 0.3 is 0 Å². The van der Waals surface area contributed by atoms with E-state index in [4.69, 9.17) is 4.74 Å². The van der Waals surface area contributed by atoms with E-state index in [9.17, 15) is 0 Å². The Hall–Kier alpha value is -0.980. The van der Waals surface area contributed by atoms with E-state index in [1.54, 1.807) is 0 Å². The highest BCUT2D eigenvalue weighted by atomic mass is 16.5. The Morgan fingerprint density at radius 3 is 2.00 bits per heavy atom. The maximum atomic E-state index is 5.68. The average molecular weight is 164 g/mol. The normalized spacial score (nSPS) is 10.4. The van der Waals surface area contributed by atoms with Gasteiger partial charge in [0.15, 0.2) is 0 Å². The molecule has 0 heterocycles. The second kappa shape index (κ2) is 3.61. The third-order valence-electron chi connectivity index (χ3n) is 1.76. The van der Waals surface area contributed by atoms with Crippen molar-refractivity contribution in [1.29, 1.82) is 0 Å². The molecule has 0 radical (unpaired) electrons. The predicted octanol–water partition coefficient (Wildman–Crippen LogP) is 3.09. The van der Waals surface area contributed by atoms with Gasteiger partial charge in [0.25, 0.3) is 0 Å². The van der Waals surface area contributed by atoms with Gasteiger partial charge in [-0.1, -0.05) is 18.2 Å². The van der Waals surface area contributed by atoms with Crippen LogP contribution in [0.2, 0.25) is 0 Å². The molecule has 1 nitrogen and oxygen atoms in total. The molecule has 0 bridgehead atoms. The Morgan fingerprint density at radius 2 is 1.58 bits per heavy atom. The van der Waals surface area contributed by atoms with Crippen LogP contribution in [0.25, 0.3) is 0 Å². The molecular formula is C11H16O. The summed E-state index contributed by atoms with van der Waals surface area (Å²) in [4.78, 5) is 0. The van der Waals surface area contributed by atoms with Crippen molar-refractivity contribution >= 4 is 0 Å². The van der Waals surface area contributed by atoms with Gasteiger partial charge in [0.1, 0.15) is 5.75 Å². The standard InChI is InChI=1S/C11H16O/c1-8(2)12-11-9(3)6-5-7-10(11)4/h5-8H,1-4H3. The molecule has 0 unspecified atom stereocenters. The zero-order chi connectivity index (χ0) is 9.14. The van der Waals surface area contributed by atoms with Crippen molar-refractivity contribution in [1.82, 2.24) is 0 Å². The van der Waals surface area contributed by atoms with Crippen LogP contribution in [0, 0.1) is 13.8 Å². The summed E-state index contributed by atoms with van der Waals surface area (Å²) in [6.07, 6.45) is 0.254. The van der Waals surface area contributed by atoms with Crippen LogP contribution >= 0.6 is 0 Å². The lowest BCUT2D eigenvalue weighted by Gasteiger charge is -2.14. The summed E-state index contributed by atoms with van der Waals surface area (Å²) in [5.41, 5.74) is 2.42. The second-order valence-electron chi connectivity index (χ2n) is 3.39. The third-order valence-corrected chi connectivity index (χ3v) is 1.76. The van der Waals surface area contributed by atoms with Gasteiger partial charge in [0.05, 0.1) is 6.10 Å². The van der Waals surface area contributed by atoms with Crippen LogP contribution in [0.3, 0.4) is 0 Å². The smallest absolute Gasteiger partial charge is 0.125 e. The molecule has 0 N–H and O–H groups in total. The van der Waals surface area contributed by atoms with Gasteiger partial charge in [-0.05, 0) is 38.8 Å². The molecule has 0 atom stereocenters. The Labute approximate surface area is 74.4 Å². The number of aryl methyl sites for hydroxylation is 2. The van der Waals surface area contributed by atoms with Gasteiger partial charge in [-0.2, -0.15) is 0 Å². The van der Waals surface area contributed by atoms with Gasteiger partial charge in [-0.3, -0.25) is 0 Å². The number of para-hydroxylation sites is 1. The Balaban J connectivity index is 2.96. The minimum atomic E-state index is 0.254.